The van der Waals surface area contributed by atoms with Crippen LogP contribution in [0.4, 0.5) is 30.7 Å². The van der Waals surface area contributed by atoms with Crippen molar-refractivity contribution in [2.45, 2.75) is 44.4 Å². The first kappa shape index (κ1) is 29.7. The Bertz CT molecular complexity index is 1440. The van der Waals surface area contributed by atoms with Crippen molar-refractivity contribution in [2.24, 2.45) is 5.92 Å². The molecule has 41 heavy (non-hydrogen) atoms. The first-order valence-corrected chi connectivity index (χ1v) is 12.3. The number of aromatic nitrogens is 2. The quantitative estimate of drug-likeness (QED) is 0.267. The summed E-state index contributed by atoms with van der Waals surface area (Å²) in [6, 6.07) is 3.11. The topological polar surface area (TPSA) is 92.5 Å². The molecule has 1 amide bonds. The first-order valence-electron chi connectivity index (χ1n) is 12.3. The van der Waals surface area contributed by atoms with E-state index < -0.39 is 89.0 Å². The van der Waals surface area contributed by atoms with Gasteiger partial charge in [0.15, 0.2) is 11.5 Å². The zero-order valence-electron chi connectivity index (χ0n) is 21.1. The Hall–Kier alpha value is -4.23. The fourth-order valence-electron chi connectivity index (χ4n) is 4.92. The zero-order chi connectivity index (χ0) is 30.1. The van der Waals surface area contributed by atoms with Crippen LogP contribution in [0.1, 0.15) is 63.7 Å². The second-order valence-electron chi connectivity index (χ2n) is 9.71. The average Bonchev–Trinajstić information content (AvgIpc) is 3.33. The highest BCUT2D eigenvalue weighted by molar-refractivity contribution is 6.02. The molecule has 0 radical (unpaired) electrons. The van der Waals surface area contributed by atoms with E-state index in [0.29, 0.717) is 40.0 Å². The normalized spacial score (nSPS) is 17.3. The fraction of sp³-hybridized carbons (Fsp3) is 0.333. The van der Waals surface area contributed by atoms with E-state index in [1.54, 1.807) is 0 Å². The summed E-state index contributed by atoms with van der Waals surface area (Å²) < 4.78 is 98.6. The van der Waals surface area contributed by atoms with Crippen molar-refractivity contribution in [1.29, 1.82) is 0 Å². The van der Waals surface area contributed by atoms with Gasteiger partial charge < -0.3 is 10.0 Å². The van der Waals surface area contributed by atoms with Crippen LogP contribution in [0.25, 0.3) is 0 Å². The van der Waals surface area contributed by atoms with Crippen LogP contribution in [-0.4, -0.2) is 44.0 Å². The van der Waals surface area contributed by atoms with Gasteiger partial charge in [0.25, 0.3) is 5.91 Å². The van der Waals surface area contributed by atoms with Gasteiger partial charge in [0.2, 0.25) is 0 Å². The standard InChI is InChI=1S/C27H22F7N3O4/c28-17-5-14(6-18(29)9-17)12-36(13-23(38)16-7-19(30)10-20(31)8-16)25(39)22-11-35-37(24(22)27(32,33)34)21-3-1-15(2-4-21)26(40)41/h5-11,15,21H,1-4,12-13H2,(H,40,41)/t15-,21-. The van der Waals surface area contributed by atoms with Crippen molar-refractivity contribution in [3.8, 4) is 0 Å². The molecular formula is C27H22F7N3O4. The van der Waals surface area contributed by atoms with Gasteiger partial charge in [-0.3, -0.25) is 19.1 Å². The van der Waals surface area contributed by atoms with Gasteiger partial charge in [-0.1, -0.05) is 0 Å². The third-order valence-electron chi connectivity index (χ3n) is 6.79. The summed E-state index contributed by atoms with van der Waals surface area (Å²) in [5.74, 6) is -8.55. The van der Waals surface area contributed by atoms with Gasteiger partial charge in [0.1, 0.15) is 23.3 Å². The van der Waals surface area contributed by atoms with Crippen molar-refractivity contribution >= 4 is 17.7 Å². The molecule has 1 aliphatic carbocycles. The number of carboxylic acid groups (broad SMARTS) is 1. The van der Waals surface area contributed by atoms with Crippen LogP contribution in [0.3, 0.4) is 0 Å². The number of alkyl halides is 3. The maximum absolute atomic E-state index is 14.3. The number of hydrogen-bond acceptors (Lipinski definition) is 4. The average molecular weight is 585 g/mol. The van der Waals surface area contributed by atoms with Crippen molar-refractivity contribution in [1.82, 2.24) is 14.7 Å². The SMILES string of the molecule is O=C(CN(Cc1cc(F)cc(F)c1)C(=O)c1cnn([C@H]2CC[C@H](C(=O)O)CC2)c1C(F)(F)F)c1cc(F)cc(F)c1. The Labute approximate surface area is 228 Å². The number of carbonyl (C=O) groups is 3. The third kappa shape index (κ3) is 6.92. The second-order valence-corrected chi connectivity index (χ2v) is 9.71. The fourth-order valence-corrected chi connectivity index (χ4v) is 4.92. The lowest BCUT2D eigenvalue weighted by molar-refractivity contribution is -0.147. The number of carbonyl (C=O) groups excluding carboxylic acids is 2. The maximum atomic E-state index is 14.3. The number of carboxylic acids is 1. The Kier molecular flexibility index (Phi) is 8.50. The van der Waals surface area contributed by atoms with Gasteiger partial charge in [-0.2, -0.15) is 18.3 Å². The first-order chi connectivity index (χ1) is 19.2. The molecule has 0 atom stereocenters. The van der Waals surface area contributed by atoms with Crippen molar-refractivity contribution in [3.63, 3.8) is 0 Å². The van der Waals surface area contributed by atoms with Gasteiger partial charge >= 0.3 is 12.1 Å². The molecule has 1 heterocycles. The number of rotatable bonds is 8. The molecule has 2 aromatic carbocycles. The molecule has 218 valence electrons. The van der Waals surface area contributed by atoms with Crippen LogP contribution in [0.15, 0.2) is 42.6 Å². The van der Waals surface area contributed by atoms with Crippen LogP contribution in [-0.2, 0) is 17.5 Å². The molecule has 1 fully saturated rings. The summed E-state index contributed by atoms with van der Waals surface area (Å²) in [7, 11) is 0. The predicted molar refractivity (Wildman–Crippen MR) is 128 cm³/mol. The van der Waals surface area contributed by atoms with Crippen molar-refractivity contribution in [2.75, 3.05) is 6.54 Å². The summed E-state index contributed by atoms with van der Waals surface area (Å²) in [5, 5.41) is 13.0. The third-order valence-corrected chi connectivity index (χ3v) is 6.79. The van der Waals surface area contributed by atoms with E-state index >= 15 is 0 Å². The molecule has 0 aliphatic heterocycles. The molecular weight excluding hydrogens is 563 g/mol. The number of hydrogen-bond donors (Lipinski definition) is 1. The maximum Gasteiger partial charge on any atom is 0.433 e. The van der Waals surface area contributed by atoms with E-state index in [1.807, 2.05) is 0 Å². The number of ketones is 1. The number of amides is 1. The molecule has 1 saturated carbocycles. The highest BCUT2D eigenvalue weighted by Gasteiger charge is 2.43. The van der Waals surface area contributed by atoms with Crippen LogP contribution < -0.4 is 0 Å². The molecule has 0 spiro atoms. The molecule has 0 saturated heterocycles. The number of benzene rings is 2. The highest BCUT2D eigenvalue weighted by Crippen LogP contribution is 2.39. The molecule has 4 rings (SSSR count). The molecule has 0 unspecified atom stereocenters. The van der Waals surface area contributed by atoms with Crippen LogP contribution in [0, 0.1) is 29.2 Å². The summed E-state index contributed by atoms with van der Waals surface area (Å²) in [4.78, 5) is 38.2. The van der Waals surface area contributed by atoms with Crippen LogP contribution in [0.2, 0.25) is 0 Å². The second kappa shape index (κ2) is 11.7. The lowest BCUT2D eigenvalue weighted by Gasteiger charge is -2.28. The largest absolute Gasteiger partial charge is 0.481 e. The molecule has 3 aromatic rings. The number of nitrogens with zero attached hydrogens (tertiary/aromatic N) is 3. The number of Topliss-reactive ketones (excluding diaryl/α,β-unsaturated/α-hetero) is 1. The molecule has 14 heteroatoms. The van der Waals surface area contributed by atoms with Crippen molar-refractivity contribution < 1.29 is 50.2 Å². The minimum atomic E-state index is -5.11. The molecule has 1 N–H and O–H groups in total. The van der Waals surface area contributed by atoms with Gasteiger partial charge in [-0.25, -0.2) is 17.6 Å². The van der Waals surface area contributed by atoms with Gasteiger partial charge in [-0.15, -0.1) is 0 Å². The van der Waals surface area contributed by atoms with Crippen LogP contribution >= 0.6 is 0 Å². The minimum Gasteiger partial charge on any atom is -0.481 e. The van der Waals surface area contributed by atoms with Crippen molar-refractivity contribution in [3.05, 3.63) is 88.2 Å². The Morgan fingerprint density at radius 1 is 0.878 bits per heavy atom. The lowest BCUT2D eigenvalue weighted by atomic mass is 9.86. The zero-order valence-corrected chi connectivity index (χ0v) is 21.1. The molecule has 1 aromatic heterocycles. The van der Waals surface area contributed by atoms with E-state index in [4.69, 9.17) is 0 Å². The van der Waals surface area contributed by atoms with Crippen LogP contribution in [0.5, 0.6) is 0 Å². The summed E-state index contributed by atoms with van der Waals surface area (Å²) in [5.41, 5.74) is -3.14. The summed E-state index contributed by atoms with van der Waals surface area (Å²) >= 11 is 0. The van der Waals surface area contributed by atoms with E-state index in [-0.39, 0.29) is 31.2 Å². The van der Waals surface area contributed by atoms with Gasteiger partial charge in [-0.05, 0) is 55.5 Å². The molecule has 1 aliphatic rings. The van der Waals surface area contributed by atoms with E-state index in [9.17, 15) is 50.2 Å². The Morgan fingerprint density at radius 2 is 1.41 bits per heavy atom. The molecule has 7 nitrogen and oxygen atoms in total. The predicted octanol–water partition coefficient (Wildman–Crippen LogP) is 5.80. The number of halogens is 7. The Balaban J connectivity index is 1.71. The summed E-state index contributed by atoms with van der Waals surface area (Å²) in [6.07, 6.45) is -4.18. The summed E-state index contributed by atoms with van der Waals surface area (Å²) in [6.45, 7) is -1.73. The monoisotopic (exact) mass is 585 g/mol. The lowest BCUT2D eigenvalue weighted by Crippen LogP contribution is -2.37. The smallest absolute Gasteiger partial charge is 0.433 e. The van der Waals surface area contributed by atoms with E-state index in [1.165, 1.54) is 0 Å². The minimum absolute atomic E-state index is 0.0469. The van der Waals surface area contributed by atoms with Gasteiger partial charge in [0, 0.05) is 24.2 Å². The van der Waals surface area contributed by atoms with Gasteiger partial charge in [0.05, 0.1) is 30.3 Å². The Morgan fingerprint density at radius 3 is 1.93 bits per heavy atom. The highest BCUT2D eigenvalue weighted by atomic mass is 19.4. The number of aliphatic carboxylic acids is 1. The molecule has 0 bridgehead atoms. The van der Waals surface area contributed by atoms with E-state index in [0.717, 1.165) is 12.1 Å². The van der Waals surface area contributed by atoms with E-state index in [2.05, 4.69) is 5.10 Å².